The third-order valence-electron chi connectivity index (χ3n) is 2.44. The molecule has 88 valence electrons. The van der Waals surface area contributed by atoms with E-state index in [1.54, 1.807) is 12.1 Å². The molecule has 0 heterocycles. The summed E-state index contributed by atoms with van der Waals surface area (Å²) in [6.45, 7) is 2.07. The molecule has 2 nitrogen and oxygen atoms in total. The number of aromatic carboxylic acids is 1. The van der Waals surface area contributed by atoms with Crippen LogP contribution >= 0.6 is 15.9 Å². The van der Waals surface area contributed by atoms with Gasteiger partial charge in [0.25, 0.3) is 0 Å². The van der Waals surface area contributed by atoms with Gasteiger partial charge in [0.2, 0.25) is 0 Å². The minimum absolute atomic E-state index is 0.198. The first-order valence-corrected chi connectivity index (χ1v) is 6.07. The van der Waals surface area contributed by atoms with E-state index in [1.807, 2.05) is 0 Å². The van der Waals surface area contributed by atoms with Gasteiger partial charge in [-0.05, 0) is 40.4 Å². The number of unbranched alkanes of at least 4 members (excludes halogenated alkanes) is 2. The zero-order valence-electron chi connectivity index (χ0n) is 9.09. The fourth-order valence-electron chi connectivity index (χ4n) is 1.60. The number of carbonyl (C=O) groups is 1. The molecule has 0 radical (unpaired) electrons. The van der Waals surface area contributed by atoms with Crippen LogP contribution in [-0.4, -0.2) is 11.1 Å². The Labute approximate surface area is 103 Å². The Bertz CT molecular complexity index is 391. The molecular weight excluding hydrogens is 275 g/mol. The molecule has 0 atom stereocenters. The van der Waals surface area contributed by atoms with Crippen LogP contribution in [0.1, 0.15) is 42.1 Å². The number of carboxylic acid groups (broad SMARTS) is 1. The summed E-state index contributed by atoms with van der Waals surface area (Å²) >= 11 is 2.99. The van der Waals surface area contributed by atoms with Gasteiger partial charge in [-0.1, -0.05) is 25.8 Å². The highest BCUT2D eigenvalue weighted by atomic mass is 79.9. The predicted molar refractivity (Wildman–Crippen MR) is 64.3 cm³/mol. The molecule has 0 spiro atoms. The second-order valence-corrected chi connectivity index (χ2v) is 4.51. The van der Waals surface area contributed by atoms with Crippen LogP contribution in [-0.2, 0) is 6.42 Å². The van der Waals surface area contributed by atoms with E-state index in [2.05, 4.69) is 22.9 Å². The number of carboxylic acids is 1. The average Bonchev–Trinajstić information content (AvgIpc) is 2.23. The van der Waals surface area contributed by atoms with Crippen molar-refractivity contribution in [3.8, 4) is 0 Å². The van der Waals surface area contributed by atoms with Gasteiger partial charge in [-0.3, -0.25) is 0 Å². The van der Waals surface area contributed by atoms with Crippen molar-refractivity contribution in [1.82, 2.24) is 0 Å². The van der Waals surface area contributed by atoms with E-state index in [4.69, 9.17) is 5.11 Å². The number of rotatable bonds is 5. The second kappa shape index (κ2) is 5.99. The molecule has 1 aromatic rings. The summed E-state index contributed by atoms with van der Waals surface area (Å²) in [4.78, 5) is 11.0. The Kier molecular flexibility index (Phi) is 4.93. The van der Waals surface area contributed by atoms with Crippen molar-refractivity contribution in [2.24, 2.45) is 0 Å². The largest absolute Gasteiger partial charge is 0.478 e. The molecule has 0 bridgehead atoms. The Morgan fingerprint density at radius 1 is 1.44 bits per heavy atom. The fourth-order valence-corrected chi connectivity index (χ4v) is 1.93. The Morgan fingerprint density at radius 3 is 2.69 bits per heavy atom. The first-order chi connectivity index (χ1) is 7.57. The number of aryl methyl sites for hydroxylation is 1. The number of benzene rings is 1. The summed E-state index contributed by atoms with van der Waals surface area (Å²) in [6.07, 6.45) is 3.58. The van der Waals surface area contributed by atoms with Crippen molar-refractivity contribution in [1.29, 1.82) is 0 Å². The van der Waals surface area contributed by atoms with Crippen LogP contribution in [0, 0.1) is 5.82 Å². The maximum absolute atomic E-state index is 13.6. The molecule has 0 aliphatic carbocycles. The summed E-state index contributed by atoms with van der Waals surface area (Å²) in [5.74, 6) is -1.88. The van der Waals surface area contributed by atoms with Crippen LogP contribution in [0.25, 0.3) is 0 Å². The van der Waals surface area contributed by atoms with Crippen molar-refractivity contribution in [2.75, 3.05) is 0 Å². The summed E-state index contributed by atoms with van der Waals surface area (Å²) < 4.78 is 13.8. The Morgan fingerprint density at radius 2 is 2.12 bits per heavy atom. The molecule has 4 heteroatoms. The lowest BCUT2D eigenvalue weighted by Gasteiger charge is -2.08. The molecule has 0 aromatic heterocycles. The summed E-state index contributed by atoms with van der Waals surface area (Å²) in [7, 11) is 0. The standard InChI is InChI=1S/C12H14BrFO2/c1-2-3-4-5-8-6-7-9(13)11(14)10(8)12(15)16/h6-7H,2-5H2,1H3,(H,15,16). The van der Waals surface area contributed by atoms with Gasteiger partial charge in [0.05, 0.1) is 10.0 Å². The van der Waals surface area contributed by atoms with Crippen molar-refractivity contribution < 1.29 is 14.3 Å². The maximum Gasteiger partial charge on any atom is 0.339 e. The minimum Gasteiger partial charge on any atom is -0.478 e. The molecule has 0 saturated carbocycles. The van der Waals surface area contributed by atoms with Crippen LogP contribution in [0.2, 0.25) is 0 Å². The van der Waals surface area contributed by atoms with E-state index in [0.717, 1.165) is 19.3 Å². The predicted octanol–water partition coefficient (Wildman–Crippen LogP) is 4.02. The van der Waals surface area contributed by atoms with Crippen LogP contribution in [0.4, 0.5) is 4.39 Å². The summed E-state index contributed by atoms with van der Waals surface area (Å²) in [6, 6.07) is 3.23. The lowest BCUT2D eigenvalue weighted by Crippen LogP contribution is -2.06. The van der Waals surface area contributed by atoms with Gasteiger partial charge in [-0.25, -0.2) is 9.18 Å². The zero-order valence-corrected chi connectivity index (χ0v) is 10.7. The minimum atomic E-state index is -1.20. The van der Waals surface area contributed by atoms with Crippen LogP contribution in [0.3, 0.4) is 0 Å². The van der Waals surface area contributed by atoms with Crippen molar-refractivity contribution in [2.45, 2.75) is 32.6 Å². The third kappa shape index (κ3) is 3.04. The van der Waals surface area contributed by atoms with Crippen LogP contribution < -0.4 is 0 Å². The van der Waals surface area contributed by atoms with E-state index in [1.165, 1.54) is 0 Å². The molecule has 1 N–H and O–H groups in total. The highest BCUT2D eigenvalue weighted by Crippen LogP contribution is 2.23. The van der Waals surface area contributed by atoms with Gasteiger partial charge in [-0.2, -0.15) is 0 Å². The summed E-state index contributed by atoms with van der Waals surface area (Å²) in [5, 5.41) is 8.97. The highest BCUT2D eigenvalue weighted by Gasteiger charge is 2.17. The topological polar surface area (TPSA) is 37.3 Å². The summed E-state index contributed by atoms with van der Waals surface area (Å²) in [5.41, 5.74) is 0.368. The SMILES string of the molecule is CCCCCc1ccc(Br)c(F)c1C(=O)O. The maximum atomic E-state index is 13.6. The first-order valence-electron chi connectivity index (χ1n) is 5.28. The number of hydrogen-bond acceptors (Lipinski definition) is 1. The molecule has 0 aliphatic rings. The second-order valence-electron chi connectivity index (χ2n) is 3.66. The van der Waals surface area contributed by atoms with Crippen LogP contribution in [0.15, 0.2) is 16.6 Å². The molecule has 16 heavy (non-hydrogen) atoms. The van der Waals surface area contributed by atoms with Gasteiger partial charge in [-0.15, -0.1) is 0 Å². The van der Waals surface area contributed by atoms with Gasteiger partial charge in [0.1, 0.15) is 0 Å². The van der Waals surface area contributed by atoms with E-state index in [-0.39, 0.29) is 10.0 Å². The molecule has 1 rings (SSSR count). The van der Waals surface area contributed by atoms with E-state index >= 15 is 0 Å². The van der Waals surface area contributed by atoms with E-state index in [9.17, 15) is 9.18 Å². The van der Waals surface area contributed by atoms with Gasteiger partial charge in [0.15, 0.2) is 5.82 Å². The Balaban J connectivity index is 2.99. The van der Waals surface area contributed by atoms with E-state index < -0.39 is 11.8 Å². The number of halogens is 2. The fraction of sp³-hybridized carbons (Fsp3) is 0.417. The highest BCUT2D eigenvalue weighted by molar-refractivity contribution is 9.10. The lowest BCUT2D eigenvalue weighted by atomic mass is 10.0. The molecule has 0 saturated heterocycles. The van der Waals surface area contributed by atoms with Gasteiger partial charge < -0.3 is 5.11 Å². The molecule has 0 amide bonds. The molecule has 0 fully saturated rings. The van der Waals surface area contributed by atoms with Crippen molar-refractivity contribution in [3.05, 3.63) is 33.5 Å². The van der Waals surface area contributed by atoms with Crippen molar-refractivity contribution >= 4 is 21.9 Å². The smallest absolute Gasteiger partial charge is 0.339 e. The molecular formula is C12H14BrFO2. The van der Waals surface area contributed by atoms with Gasteiger partial charge in [0, 0.05) is 0 Å². The number of hydrogen-bond donors (Lipinski definition) is 1. The normalized spacial score (nSPS) is 10.4. The third-order valence-corrected chi connectivity index (χ3v) is 3.06. The molecule has 0 aliphatic heterocycles. The first kappa shape index (κ1) is 13.2. The average molecular weight is 289 g/mol. The lowest BCUT2D eigenvalue weighted by molar-refractivity contribution is 0.0690. The quantitative estimate of drug-likeness (QED) is 0.831. The molecule has 0 unspecified atom stereocenters. The monoisotopic (exact) mass is 288 g/mol. The Hall–Kier alpha value is -0.900. The zero-order chi connectivity index (χ0) is 12.1. The molecule has 1 aromatic carbocycles. The van der Waals surface area contributed by atoms with E-state index in [0.29, 0.717) is 12.0 Å². The van der Waals surface area contributed by atoms with Crippen LogP contribution in [0.5, 0.6) is 0 Å². The van der Waals surface area contributed by atoms with Gasteiger partial charge >= 0.3 is 5.97 Å². The van der Waals surface area contributed by atoms with Crippen molar-refractivity contribution in [3.63, 3.8) is 0 Å².